The van der Waals surface area contributed by atoms with Crippen LogP contribution in [0.5, 0.6) is 0 Å². The second kappa shape index (κ2) is 7.60. The third kappa shape index (κ3) is 3.94. The molecule has 132 valence electrons. The Bertz CT molecular complexity index is 998. The largest absolute Gasteiger partial charge is 0.453 e. The first kappa shape index (κ1) is 17.3. The van der Waals surface area contributed by atoms with Crippen LogP contribution in [0.15, 0.2) is 59.4 Å². The molecule has 0 spiro atoms. The van der Waals surface area contributed by atoms with E-state index in [0.717, 1.165) is 0 Å². The fourth-order valence-corrected chi connectivity index (χ4v) is 2.44. The fourth-order valence-electron chi connectivity index (χ4n) is 2.44. The van der Waals surface area contributed by atoms with Crippen LogP contribution >= 0.6 is 0 Å². The van der Waals surface area contributed by atoms with Crippen LogP contribution in [-0.2, 0) is 9.53 Å². The van der Waals surface area contributed by atoms with Crippen molar-refractivity contribution in [2.75, 3.05) is 6.54 Å². The number of rotatable bonds is 5. The fraction of sp³-hybridized carbons (Fsp3) is 0.158. The van der Waals surface area contributed by atoms with Gasteiger partial charge in [-0.3, -0.25) is 14.4 Å². The Morgan fingerprint density at radius 3 is 2.58 bits per heavy atom. The molecule has 26 heavy (non-hydrogen) atoms. The van der Waals surface area contributed by atoms with Gasteiger partial charge in [0.25, 0.3) is 11.5 Å². The number of benzene rings is 2. The predicted octanol–water partition coefficient (Wildman–Crippen LogP) is 1.96. The molecule has 2 aromatic carbocycles. The summed E-state index contributed by atoms with van der Waals surface area (Å²) in [5, 5.41) is 2.95. The maximum absolute atomic E-state index is 12.1. The topological polar surface area (TPSA) is 101 Å². The highest BCUT2D eigenvalue weighted by molar-refractivity contribution is 5.95. The van der Waals surface area contributed by atoms with Gasteiger partial charge in [-0.05, 0) is 31.2 Å². The van der Waals surface area contributed by atoms with Gasteiger partial charge in [0, 0.05) is 5.56 Å². The van der Waals surface area contributed by atoms with Gasteiger partial charge in [-0.15, -0.1) is 0 Å². The number of H-pyrrole nitrogens is 1. The van der Waals surface area contributed by atoms with E-state index in [4.69, 9.17) is 4.74 Å². The maximum Gasteiger partial charge on any atom is 0.326 e. The molecule has 7 heteroatoms. The van der Waals surface area contributed by atoms with Crippen molar-refractivity contribution < 1.29 is 14.3 Å². The summed E-state index contributed by atoms with van der Waals surface area (Å²) in [7, 11) is 0. The van der Waals surface area contributed by atoms with Crippen molar-refractivity contribution in [1.82, 2.24) is 15.3 Å². The van der Waals surface area contributed by atoms with Crippen LogP contribution < -0.4 is 10.9 Å². The van der Waals surface area contributed by atoms with E-state index in [1.165, 1.54) is 0 Å². The number of nitrogens with one attached hydrogen (secondary N) is 2. The molecular formula is C19H17N3O4. The number of carbonyl (C=O) groups is 2. The van der Waals surface area contributed by atoms with Crippen LogP contribution in [0.2, 0.25) is 0 Å². The van der Waals surface area contributed by atoms with Gasteiger partial charge in [0.2, 0.25) is 0 Å². The van der Waals surface area contributed by atoms with Crippen LogP contribution in [0.1, 0.15) is 29.2 Å². The standard InChI is InChI=1S/C19H17N3O4/c1-12(17-21-15-10-6-5-9-14(15)19(25)22-17)26-16(23)11-20-18(24)13-7-3-2-4-8-13/h2-10,12H,11H2,1H3,(H,20,24)(H,21,22,25)/t12-/m1/s1. The van der Waals surface area contributed by atoms with Gasteiger partial charge in [-0.1, -0.05) is 30.3 Å². The number of amides is 1. The normalized spacial score (nSPS) is 11.7. The van der Waals surface area contributed by atoms with Crippen molar-refractivity contribution in [3.63, 3.8) is 0 Å². The molecule has 0 aliphatic carbocycles. The van der Waals surface area contributed by atoms with E-state index in [2.05, 4.69) is 15.3 Å². The van der Waals surface area contributed by atoms with Crippen LogP contribution in [0.4, 0.5) is 0 Å². The number of nitrogens with zero attached hydrogens (tertiary/aromatic N) is 1. The van der Waals surface area contributed by atoms with Gasteiger partial charge in [-0.25, -0.2) is 4.98 Å². The van der Waals surface area contributed by atoms with Gasteiger partial charge >= 0.3 is 5.97 Å². The number of esters is 1. The van der Waals surface area contributed by atoms with Gasteiger partial charge in [0.1, 0.15) is 6.54 Å². The molecule has 0 bridgehead atoms. The monoisotopic (exact) mass is 351 g/mol. The molecule has 2 N–H and O–H groups in total. The Kier molecular flexibility index (Phi) is 5.07. The highest BCUT2D eigenvalue weighted by Gasteiger charge is 2.16. The van der Waals surface area contributed by atoms with E-state index in [9.17, 15) is 14.4 Å². The van der Waals surface area contributed by atoms with E-state index >= 15 is 0 Å². The number of hydrogen-bond donors (Lipinski definition) is 2. The summed E-state index contributed by atoms with van der Waals surface area (Å²) >= 11 is 0. The molecule has 0 aliphatic heterocycles. The summed E-state index contributed by atoms with van der Waals surface area (Å²) in [6.45, 7) is 1.32. The second-order valence-corrected chi connectivity index (χ2v) is 5.65. The van der Waals surface area contributed by atoms with Crippen molar-refractivity contribution in [3.05, 3.63) is 76.3 Å². The predicted molar refractivity (Wildman–Crippen MR) is 95.6 cm³/mol. The smallest absolute Gasteiger partial charge is 0.326 e. The third-order valence-corrected chi connectivity index (χ3v) is 3.75. The summed E-state index contributed by atoms with van der Waals surface area (Å²) in [6.07, 6.45) is -0.756. The Balaban J connectivity index is 1.62. The summed E-state index contributed by atoms with van der Waals surface area (Å²) < 4.78 is 5.24. The van der Waals surface area contributed by atoms with Gasteiger partial charge in [-0.2, -0.15) is 0 Å². The Hall–Kier alpha value is -3.48. The van der Waals surface area contributed by atoms with E-state index in [1.807, 2.05) is 0 Å². The second-order valence-electron chi connectivity index (χ2n) is 5.65. The Labute approximate surface area is 149 Å². The molecule has 0 unspecified atom stereocenters. The summed E-state index contributed by atoms with van der Waals surface area (Å²) in [5.41, 5.74) is 0.672. The molecule has 1 aromatic heterocycles. The Morgan fingerprint density at radius 1 is 1.12 bits per heavy atom. The molecule has 0 aliphatic rings. The number of ether oxygens (including phenoxy) is 1. The minimum Gasteiger partial charge on any atom is -0.453 e. The lowest BCUT2D eigenvalue weighted by atomic mass is 10.2. The summed E-state index contributed by atoms with van der Waals surface area (Å²) in [4.78, 5) is 42.9. The molecule has 0 saturated carbocycles. The summed E-state index contributed by atoms with van der Waals surface area (Å²) in [6, 6.07) is 15.5. The molecule has 1 atom stereocenters. The molecular weight excluding hydrogens is 334 g/mol. The van der Waals surface area contributed by atoms with Gasteiger partial charge in [0.15, 0.2) is 11.9 Å². The van der Waals surface area contributed by atoms with Crippen molar-refractivity contribution >= 4 is 22.8 Å². The van der Waals surface area contributed by atoms with Crippen molar-refractivity contribution in [3.8, 4) is 0 Å². The number of carbonyl (C=O) groups excluding carboxylic acids is 2. The lowest BCUT2D eigenvalue weighted by molar-refractivity contribution is -0.147. The minimum absolute atomic E-state index is 0.247. The Morgan fingerprint density at radius 2 is 1.81 bits per heavy atom. The molecule has 0 radical (unpaired) electrons. The first-order valence-corrected chi connectivity index (χ1v) is 8.06. The van der Waals surface area contributed by atoms with Gasteiger partial charge < -0.3 is 15.0 Å². The third-order valence-electron chi connectivity index (χ3n) is 3.75. The van der Waals surface area contributed by atoms with Crippen molar-refractivity contribution in [2.24, 2.45) is 0 Å². The highest BCUT2D eigenvalue weighted by atomic mass is 16.5. The molecule has 3 aromatic rings. The minimum atomic E-state index is -0.756. The zero-order valence-electron chi connectivity index (χ0n) is 14.1. The molecule has 3 rings (SSSR count). The van der Waals surface area contributed by atoms with Crippen molar-refractivity contribution in [1.29, 1.82) is 0 Å². The molecule has 0 fully saturated rings. The van der Waals surface area contributed by atoms with E-state index < -0.39 is 12.1 Å². The lowest BCUT2D eigenvalue weighted by Crippen LogP contribution is -2.31. The lowest BCUT2D eigenvalue weighted by Gasteiger charge is -2.13. The summed E-state index contributed by atoms with van der Waals surface area (Å²) in [5.74, 6) is -0.749. The zero-order chi connectivity index (χ0) is 18.5. The highest BCUT2D eigenvalue weighted by Crippen LogP contribution is 2.14. The average molecular weight is 351 g/mol. The molecule has 1 heterocycles. The molecule has 7 nitrogen and oxygen atoms in total. The number of aromatic nitrogens is 2. The molecule has 0 saturated heterocycles. The average Bonchev–Trinajstić information content (AvgIpc) is 2.66. The zero-order valence-corrected chi connectivity index (χ0v) is 14.1. The van der Waals surface area contributed by atoms with E-state index in [1.54, 1.807) is 61.5 Å². The van der Waals surface area contributed by atoms with E-state index in [0.29, 0.717) is 16.5 Å². The first-order chi connectivity index (χ1) is 12.5. The number of aromatic amines is 1. The quantitative estimate of drug-likeness (QED) is 0.684. The van der Waals surface area contributed by atoms with Crippen LogP contribution in [0, 0.1) is 0 Å². The number of para-hydroxylation sites is 1. The first-order valence-electron chi connectivity index (χ1n) is 8.06. The number of hydrogen-bond acceptors (Lipinski definition) is 5. The van der Waals surface area contributed by atoms with Gasteiger partial charge in [0.05, 0.1) is 10.9 Å². The van der Waals surface area contributed by atoms with Crippen LogP contribution in [0.3, 0.4) is 0 Å². The molecule has 1 amide bonds. The maximum atomic E-state index is 12.1. The van der Waals surface area contributed by atoms with Crippen LogP contribution in [0.25, 0.3) is 10.9 Å². The van der Waals surface area contributed by atoms with Crippen LogP contribution in [-0.4, -0.2) is 28.4 Å². The van der Waals surface area contributed by atoms with Crippen molar-refractivity contribution in [2.45, 2.75) is 13.0 Å². The number of fused-ring (bicyclic) bond motifs is 1. The van der Waals surface area contributed by atoms with E-state index in [-0.39, 0.29) is 23.8 Å². The SMILES string of the molecule is C[C@@H](OC(=O)CNC(=O)c1ccccc1)c1nc2ccccc2c(=O)[nH]1.